The fourth-order valence-electron chi connectivity index (χ4n) is 2.30. The second kappa shape index (κ2) is 4.36. The normalized spacial score (nSPS) is 17.5. The van der Waals surface area contributed by atoms with Crippen molar-refractivity contribution >= 4 is 22.2 Å². The number of hydrogen-bond acceptors (Lipinski definition) is 1. The second-order valence-corrected chi connectivity index (χ2v) is 5.52. The Kier molecular flexibility index (Phi) is 3.24. The Labute approximate surface area is 105 Å². The molecule has 1 aromatic heterocycles. The summed E-state index contributed by atoms with van der Waals surface area (Å²) in [4.78, 5) is 11.1. The lowest BCUT2D eigenvalue weighted by Crippen LogP contribution is -2.05. The van der Waals surface area contributed by atoms with Gasteiger partial charge in [0.05, 0.1) is 0 Å². The number of hydrogen-bond donors (Lipinski definition) is 0. The summed E-state index contributed by atoms with van der Waals surface area (Å²) >= 11 is 3.60. The Hall–Kier alpha value is -0.570. The summed E-state index contributed by atoms with van der Waals surface area (Å²) in [5.74, 6) is 0.502. The number of rotatable bonds is 4. The molecule has 2 rings (SSSR count). The van der Waals surface area contributed by atoms with E-state index >= 15 is 0 Å². The lowest BCUT2D eigenvalue weighted by molar-refractivity contribution is 0.112. The molecule has 1 aliphatic rings. The van der Waals surface area contributed by atoms with Crippen LogP contribution in [0.2, 0.25) is 0 Å². The second-order valence-electron chi connectivity index (χ2n) is 4.73. The number of aldehydes is 1. The van der Waals surface area contributed by atoms with Crippen LogP contribution in [0.5, 0.6) is 0 Å². The summed E-state index contributed by atoms with van der Waals surface area (Å²) in [6.07, 6.45) is 4.59. The molecule has 88 valence electrons. The molecule has 3 heteroatoms. The van der Waals surface area contributed by atoms with Gasteiger partial charge < -0.3 is 4.57 Å². The lowest BCUT2D eigenvalue weighted by Gasteiger charge is -2.15. The van der Waals surface area contributed by atoms with Crippen molar-refractivity contribution in [3.05, 3.63) is 21.4 Å². The average Bonchev–Trinajstić information content (AvgIpc) is 3.05. The zero-order chi connectivity index (χ0) is 11.9. The minimum absolute atomic E-state index is 0.502. The Morgan fingerprint density at radius 1 is 1.56 bits per heavy atom. The summed E-state index contributed by atoms with van der Waals surface area (Å²) in [5, 5.41) is 0. The molecule has 0 spiro atoms. The predicted octanol–water partition coefficient (Wildman–Crippen LogP) is 4.22. The molecular weight excluding hydrogens is 266 g/mol. The van der Waals surface area contributed by atoms with Crippen molar-refractivity contribution in [1.29, 1.82) is 0 Å². The van der Waals surface area contributed by atoms with E-state index in [4.69, 9.17) is 0 Å². The zero-order valence-electron chi connectivity index (χ0n) is 10.1. The maximum atomic E-state index is 11.1. The highest BCUT2D eigenvalue weighted by atomic mass is 79.9. The molecular formula is C13H18BrNO. The highest BCUT2D eigenvalue weighted by molar-refractivity contribution is 9.10. The first kappa shape index (κ1) is 11.9. The van der Waals surface area contributed by atoms with Crippen LogP contribution >= 0.6 is 15.9 Å². The molecule has 0 N–H and O–H groups in total. The van der Waals surface area contributed by atoms with Gasteiger partial charge in [0.1, 0.15) is 0 Å². The van der Waals surface area contributed by atoms with Gasteiger partial charge in [-0.2, -0.15) is 0 Å². The highest BCUT2D eigenvalue weighted by Gasteiger charge is 2.31. The molecule has 1 unspecified atom stereocenters. The Morgan fingerprint density at radius 2 is 2.19 bits per heavy atom. The average molecular weight is 284 g/mol. The molecule has 1 fully saturated rings. The van der Waals surface area contributed by atoms with Gasteiger partial charge in [0.15, 0.2) is 6.29 Å². The first-order chi connectivity index (χ1) is 7.61. The fraction of sp³-hybridized carbons (Fsp3) is 0.615. The van der Waals surface area contributed by atoms with Crippen LogP contribution in [-0.2, 0) is 0 Å². The van der Waals surface area contributed by atoms with Crippen LogP contribution in [0.1, 0.15) is 66.8 Å². The number of carbonyl (C=O) groups excluding carboxylic acids is 1. The first-order valence-electron chi connectivity index (χ1n) is 5.97. The molecule has 0 amide bonds. The first-order valence-corrected chi connectivity index (χ1v) is 6.76. The van der Waals surface area contributed by atoms with E-state index < -0.39 is 0 Å². The van der Waals surface area contributed by atoms with E-state index in [1.807, 2.05) is 0 Å². The van der Waals surface area contributed by atoms with Crippen LogP contribution in [0.25, 0.3) is 0 Å². The Balaban J connectivity index is 2.59. The van der Waals surface area contributed by atoms with Gasteiger partial charge in [0.25, 0.3) is 0 Å². The summed E-state index contributed by atoms with van der Waals surface area (Å²) in [5.41, 5.74) is 3.27. The topological polar surface area (TPSA) is 22.0 Å². The largest absolute Gasteiger partial charge is 0.344 e. The van der Waals surface area contributed by atoms with E-state index in [-0.39, 0.29) is 0 Å². The van der Waals surface area contributed by atoms with Crippen molar-refractivity contribution in [2.75, 3.05) is 0 Å². The third kappa shape index (κ3) is 1.75. The molecule has 1 aliphatic carbocycles. The fourth-order valence-corrected chi connectivity index (χ4v) is 3.26. The van der Waals surface area contributed by atoms with E-state index in [1.165, 1.54) is 18.5 Å². The van der Waals surface area contributed by atoms with Crippen molar-refractivity contribution < 1.29 is 4.79 Å². The monoisotopic (exact) mass is 283 g/mol. The predicted molar refractivity (Wildman–Crippen MR) is 69.2 cm³/mol. The van der Waals surface area contributed by atoms with Crippen LogP contribution in [0, 0.1) is 6.92 Å². The summed E-state index contributed by atoms with van der Waals surface area (Å²) in [7, 11) is 0. The van der Waals surface area contributed by atoms with Crippen LogP contribution in [0.4, 0.5) is 0 Å². The quantitative estimate of drug-likeness (QED) is 0.759. The molecule has 2 nitrogen and oxygen atoms in total. The summed E-state index contributed by atoms with van der Waals surface area (Å²) in [6.45, 7) is 6.48. The molecule has 0 saturated heterocycles. The third-order valence-electron chi connectivity index (χ3n) is 3.58. The maximum absolute atomic E-state index is 11.1. The molecule has 1 saturated carbocycles. The van der Waals surface area contributed by atoms with Crippen LogP contribution < -0.4 is 0 Å². The molecule has 1 heterocycles. The van der Waals surface area contributed by atoms with E-state index in [0.29, 0.717) is 12.0 Å². The molecule has 1 aromatic rings. The third-order valence-corrected chi connectivity index (χ3v) is 4.41. The summed E-state index contributed by atoms with van der Waals surface area (Å²) < 4.78 is 3.39. The van der Waals surface area contributed by atoms with Crippen molar-refractivity contribution in [1.82, 2.24) is 4.57 Å². The Morgan fingerprint density at radius 3 is 2.62 bits per heavy atom. The van der Waals surface area contributed by atoms with Crippen molar-refractivity contribution in [3.8, 4) is 0 Å². The van der Waals surface area contributed by atoms with Crippen molar-refractivity contribution in [2.45, 2.75) is 52.0 Å². The van der Waals surface area contributed by atoms with Gasteiger partial charge in [0, 0.05) is 27.5 Å². The van der Waals surface area contributed by atoms with Gasteiger partial charge in [-0.05, 0) is 48.0 Å². The standard InChI is InChI=1S/C13H18BrNO/c1-4-8(2)13-12(14)11(7-16)9(3)15(13)10-5-6-10/h7-8,10H,4-6H2,1-3H3. The molecule has 16 heavy (non-hydrogen) atoms. The van der Waals surface area contributed by atoms with Gasteiger partial charge in [-0.25, -0.2) is 0 Å². The minimum Gasteiger partial charge on any atom is -0.344 e. The zero-order valence-corrected chi connectivity index (χ0v) is 11.7. The smallest absolute Gasteiger partial charge is 0.153 e. The molecule has 1 atom stereocenters. The number of halogens is 1. The van der Waals surface area contributed by atoms with Gasteiger partial charge in [0.2, 0.25) is 0 Å². The molecule has 0 radical (unpaired) electrons. The SMILES string of the molecule is CCC(C)c1c(Br)c(C=O)c(C)n1C1CC1. The van der Waals surface area contributed by atoms with E-state index in [1.54, 1.807) is 0 Å². The highest BCUT2D eigenvalue weighted by Crippen LogP contribution is 2.44. The van der Waals surface area contributed by atoms with Gasteiger partial charge in [-0.3, -0.25) is 4.79 Å². The van der Waals surface area contributed by atoms with E-state index in [2.05, 4.69) is 41.3 Å². The minimum atomic E-state index is 0.502. The lowest BCUT2D eigenvalue weighted by atomic mass is 10.0. The number of aromatic nitrogens is 1. The number of carbonyl (C=O) groups is 1. The molecule has 0 bridgehead atoms. The Bertz CT molecular complexity index is 418. The number of nitrogens with zero attached hydrogens (tertiary/aromatic N) is 1. The van der Waals surface area contributed by atoms with Crippen LogP contribution in [0.3, 0.4) is 0 Å². The molecule has 0 aromatic carbocycles. The molecule has 0 aliphatic heterocycles. The van der Waals surface area contributed by atoms with Crippen molar-refractivity contribution in [2.24, 2.45) is 0 Å². The van der Waals surface area contributed by atoms with Crippen molar-refractivity contribution in [3.63, 3.8) is 0 Å². The van der Waals surface area contributed by atoms with Gasteiger partial charge in [-0.1, -0.05) is 13.8 Å². The maximum Gasteiger partial charge on any atom is 0.153 e. The van der Waals surface area contributed by atoms with Gasteiger partial charge in [-0.15, -0.1) is 0 Å². The van der Waals surface area contributed by atoms with Crippen LogP contribution in [-0.4, -0.2) is 10.9 Å². The van der Waals surface area contributed by atoms with Gasteiger partial charge >= 0.3 is 0 Å². The van der Waals surface area contributed by atoms with E-state index in [0.717, 1.165) is 28.4 Å². The summed E-state index contributed by atoms with van der Waals surface area (Å²) in [6, 6.07) is 0.633. The van der Waals surface area contributed by atoms with E-state index in [9.17, 15) is 4.79 Å². The van der Waals surface area contributed by atoms with Crippen LogP contribution in [0.15, 0.2) is 4.47 Å².